The second-order valence-electron chi connectivity index (χ2n) is 2.09. The highest BCUT2D eigenvalue weighted by atomic mass is 35.9. The van der Waals surface area contributed by atoms with E-state index in [1.54, 1.807) is 0 Å². The molecule has 0 spiro atoms. The van der Waals surface area contributed by atoms with E-state index in [2.05, 4.69) is 0 Å². The normalized spacial score (nSPS) is 12.2. The largest absolute Gasteiger partial charge is 0.118 e. The lowest BCUT2D eigenvalue weighted by Gasteiger charge is -2.05. The molecule has 0 fully saturated rings. The first-order valence-electron chi connectivity index (χ1n) is 3.23. The molecule has 0 saturated carbocycles. The summed E-state index contributed by atoms with van der Waals surface area (Å²) in [5.41, 5.74) is 2.41. The molecule has 0 aliphatic heterocycles. The van der Waals surface area contributed by atoms with Gasteiger partial charge in [-0.1, -0.05) is 64.4 Å². The fraction of sp³-hybridized carbons (Fsp3) is 0. The van der Waals surface area contributed by atoms with E-state index in [0.29, 0.717) is 0 Å². The van der Waals surface area contributed by atoms with E-state index in [1.165, 1.54) is 5.54 Å². The number of halogens is 3. The Labute approximate surface area is 87.5 Å². The van der Waals surface area contributed by atoms with Gasteiger partial charge in [0.2, 0.25) is 0 Å². The van der Waals surface area contributed by atoms with Crippen LogP contribution in [0.25, 0.3) is 5.31 Å². The Morgan fingerprint density at radius 1 is 1.17 bits per heavy atom. The smallest absolute Gasteiger partial charge is 0.0922 e. The molecule has 0 saturated heterocycles. The molecule has 0 bridgehead atoms. The number of hydrogen-bond acceptors (Lipinski definition) is 0. The fourth-order valence-electron chi connectivity index (χ4n) is 0.806. The summed E-state index contributed by atoms with van der Waals surface area (Å²) in [4.78, 5) is 0. The van der Waals surface area contributed by atoms with E-state index in [-0.39, 0.29) is 0 Å². The quantitative estimate of drug-likeness (QED) is 0.636. The van der Waals surface area contributed by atoms with E-state index in [4.69, 9.17) is 34.1 Å². The van der Waals surface area contributed by atoms with Crippen LogP contribution in [0.2, 0.25) is 0 Å². The molecule has 0 unspecified atom stereocenters. The topological polar surface area (TPSA) is 0 Å². The molecule has 12 heavy (non-hydrogen) atoms. The Bertz CT molecular complexity index is 269. The van der Waals surface area contributed by atoms with Gasteiger partial charge in [0.25, 0.3) is 0 Å². The van der Waals surface area contributed by atoms with Gasteiger partial charge in [0.15, 0.2) is 0 Å². The molecule has 1 aromatic rings. The van der Waals surface area contributed by atoms with Crippen molar-refractivity contribution in [3.05, 3.63) is 41.4 Å². The molecule has 4 heteroatoms. The molecular weight excluding hydrogens is 233 g/mol. The number of benzene rings is 1. The Kier molecular flexibility index (Phi) is 4.39. The molecule has 64 valence electrons. The van der Waals surface area contributed by atoms with Crippen LogP contribution in [0.1, 0.15) is 5.56 Å². The standard InChI is InChI=1S/C8H6Cl3P/c9-6-8(12(10)11)7-4-2-1-3-5-7/h1-6H/b8-6-. The van der Waals surface area contributed by atoms with Gasteiger partial charge in [-0.05, 0) is 5.56 Å². The van der Waals surface area contributed by atoms with Crippen molar-refractivity contribution in [2.75, 3.05) is 0 Å². The van der Waals surface area contributed by atoms with E-state index >= 15 is 0 Å². The van der Waals surface area contributed by atoms with Crippen LogP contribution in [-0.2, 0) is 0 Å². The molecule has 0 aliphatic carbocycles. The van der Waals surface area contributed by atoms with Crippen molar-refractivity contribution < 1.29 is 0 Å². The molecule has 0 heterocycles. The van der Waals surface area contributed by atoms with Crippen molar-refractivity contribution in [2.24, 2.45) is 0 Å². The van der Waals surface area contributed by atoms with Crippen molar-refractivity contribution in [2.45, 2.75) is 0 Å². The van der Waals surface area contributed by atoms with Crippen LogP contribution in [-0.4, -0.2) is 0 Å². The third-order valence-corrected chi connectivity index (χ3v) is 3.57. The van der Waals surface area contributed by atoms with Crippen molar-refractivity contribution in [3.8, 4) is 0 Å². The van der Waals surface area contributed by atoms with Crippen LogP contribution in [0.5, 0.6) is 0 Å². The fourth-order valence-corrected chi connectivity index (χ4v) is 2.82. The first kappa shape index (κ1) is 10.3. The van der Waals surface area contributed by atoms with Crippen LogP contribution < -0.4 is 0 Å². The second kappa shape index (κ2) is 5.09. The van der Waals surface area contributed by atoms with Crippen molar-refractivity contribution in [1.29, 1.82) is 0 Å². The van der Waals surface area contributed by atoms with Crippen LogP contribution >= 0.6 is 40.7 Å². The van der Waals surface area contributed by atoms with Gasteiger partial charge in [-0.25, -0.2) is 0 Å². The Morgan fingerprint density at radius 3 is 2.17 bits per heavy atom. The molecule has 1 rings (SSSR count). The summed E-state index contributed by atoms with van der Waals surface area (Å²) in [5, 5.41) is 0.788. The van der Waals surface area contributed by atoms with Crippen molar-refractivity contribution >= 4 is 46.0 Å². The maximum atomic E-state index is 5.76. The summed E-state index contributed by atoms with van der Waals surface area (Å²) in [7, 11) is 0. The van der Waals surface area contributed by atoms with Gasteiger partial charge in [-0.15, -0.1) is 0 Å². The molecule has 0 nitrogen and oxygen atoms in total. The van der Waals surface area contributed by atoms with E-state index in [0.717, 1.165) is 10.9 Å². The highest BCUT2D eigenvalue weighted by Gasteiger charge is 2.08. The lowest BCUT2D eigenvalue weighted by Crippen LogP contribution is -1.75. The minimum atomic E-state index is -1.17. The zero-order valence-corrected chi connectivity index (χ0v) is 9.21. The maximum absolute atomic E-state index is 5.76. The second-order valence-corrected chi connectivity index (χ2v) is 5.81. The van der Waals surface area contributed by atoms with Crippen LogP contribution in [0.4, 0.5) is 0 Å². The Balaban J connectivity index is 2.97. The third-order valence-electron chi connectivity index (χ3n) is 1.36. The van der Waals surface area contributed by atoms with Crippen LogP contribution in [0.3, 0.4) is 0 Å². The highest BCUT2D eigenvalue weighted by Crippen LogP contribution is 2.59. The molecule has 0 radical (unpaired) electrons. The molecular formula is C8H6Cl3P. The average molecular weight is 239 g/mol. The maximum Gasteiger partial charge on any atom is 0.118 e. The number of rotatable bonds is 2. The average Bonchev–Trinajstić information content (AvgIpc) is 2.07. The minimum absolute atomic E-state index is 0.788. The van der Waals surface area contributed by atoms with Crippen molar-refractivity contribution in [1.82, 2.24) is 0 Å². The summed E-state index contributed by atoms with van der Waals surface area (Å²) < 4.78 is 0. The minimum Gasteiger partial charge on any atom is -0.0922 e. The molecule has 0 aromatic heterocycles. The van der Waals surface area contributed by atoms with Gasteiger partial charge in [0.1, 0.15) is 6.63 Å². The molecule has 0 aliphatic rings. The monoisotopic (exact) mass is 238 g/mol. The summed E-state index contributed by atoms with van der Waals surface area (Å²) in [6.45, 7) is -1.17. The number of hydrogen-bond donors (Lipinski definition) is 0. The lowest BCUT2D eigenvalue weighted by molar-refractivity contribution is 1.66. The highest BCUT2D eigenvalue weighted by molar-refractivity contribution is 8.10. The van der Waals surface area contributed by atoms with Crippen LogP contribution in [0.15, 0.2) is 35.9 Å². The van der Waals surface area contributed by atoms with E-state index in [9.17, 15) is 0 Å². The van der Waals surface area contributed by atoms with Crippen LogP contribution in [0, 0.1) is 0 Å². The Hall–Kier alpha value is 0.260. The SMILES string of the molecule is Cl/C=C(/c1ccccc1)P(Cl)Cl. The first-order chi connectivity index (χ1) is 5.75. The zero-order chi connectivity index (χ0) is 8.97. The zero-order valence-electron chi connectivity index (χ0n) is 6.05. The summed E-state index contributed by atoms with van der Waals surface area (Å²) in [5.74, 6) is 0. The van der Waals surface area contributed by atoms with Gasteiger partial charge in [0.05, 0.1) is 0 Å². The third kappa shape index (κ3) is 2.64. The van der Waals surface area contributed by atoms with Gasteiger partial charge >= 0.3 is 0 Å². The lowest BCUT2D eigenvalue weighted by atomic mass is 10.2. The molecule has 0 amide bonds. The summed E-state index contributed by atoms with van der Waals surface area (Å²) in [6, 6.07) is 9.62. The first-order valence-corrected chi connectivity index (χ1v) is 6.82. The predicted octanol–water partition coefficient (Wildman–Crippen LogP) is 5.01. The van der Waals surface area contributed by atoms with Gasteiger partial charge < -0.3 is 0 Å². The molecule has 0 N–H and O–H groups in total. The predicted molar refractivity (Wildman–Crippen MR) is 58.9 cm³/mol. The summed E-state index contributed by atoms with van der Waals surface area (Å²) in [6.07, 6.45) is 0. The van der Waals surface area contributed by atoms with E-state index < -0.39 is 6.63 Å². The van der Waals surface area contributed by atoms with Crippen molar-refractivity contribution in [3.63, 3.8) is 0 Å². The van der Waals surface area contributed by atoms with Gasteiger partial charge in [-0.3, -0.25) is 0 Å². The Morgan fingerprint density at radius 2 is 1.75 bits per heavy atom. The van der Waals surface area contributed by atoms with E-state index in [1.807, 2.05) is 30.3 Å². The van der Waals surface area contributed by atoms with Gasteiger partial charge in [0, 0.05) is 10.8 Å². The molecule has 0 atom stereocenters. The summed E-state index contributed by atoms with van der Waals surface area (Å²) >= 11 is 17.1. The van der Waals surface area contributed by atoms with Gasteiger partial charge in [-0.2, -0.15) is 0 Å². The molecule has 1 aromatic carbocycles.